The number of hydrogen-bond acceptors (Lipinski definition) is 4. The topological polar surface area (TPSA) is 55.8 Å². The minimum Gasteiger partial charge on any atom is -0.506 e. The SMILES string of the molecule is O=C1C(/C=C2\C=C(c3ccc(Cl)cc3)OC(c3ccccc3Cl)=C2)=C(O)C/1=C\C1C=C(c2ccc(Cl)cc2)OC(c2ccccc2Cl)=C1. The minimum absolute atomic E-state index is 0.103. The number of aliphatic hydroxyl groups is 1. The lowest BCUT2D eigenvalue weighted by molar-refractivity contribution is -0.113. The predicted molar refractivity (Wildman–Crippen MR) is 194 cm³/mol. The molecule has 1 atom stereocenters. The first-order valence-electron chi connectivity index (χ1n) is 14.9. The first-order valence-corrected chi connectivity index (χ1v) is 16.4. The van der Waals surface area contributed by atoms with Crippen LogP contribution in [0.3, 0.4) is 0 Å². The maximum atomic E-state index is 13.6. The van der Waals surface area contributed by atoms with Crippen molar-refractivity contribution in [2.24, 2.45) is 5.92 Å². The molecule has 8 heteroatoms. The van der Waals surface area contributed by atoms with Crippen LogP contribution in [0, 0.1) is 5.92 Å². The van der Waals surface area contributed by atoms with Crippen molar-refractivity contribution < 1.29 is 19.4 Å². The molecule has 3 aliphatic rings. The average Bonchev–Trinajstić information content (AvgIpc) is 3.10. The highest BCUT2D eigenvalue weighted by atomic mass is 35.5. The molecule has 1 N–H and O–H groups in total. The molecule has 0 spiro atoms. The molecule has 4 aromatic rings. The van der Waals surface area contributed by atoms with Gasteiger partial charge in [-0.2, -0.15) is 0 Å². The van der Waals surface area contributed by atoms with Crippen LogP contribution in [0.25, 0.3) is 23.0 Å². The predicted octanol–water partition coefficient (Wildman–Crippen LogP) is 11.7. The lowest BCUT2D eigenvalue weighted by Crippen LogP contribution is -2.22. The van der Waals surface area contributed by atoms with E-state index in [1.807, 2.05) is 72.8 Å². The van der Waals surface area contributed by atoms with Crippen molar-refractivity contribution in [1.82, 2.24) is 0 Å². The number of ketones is 1. The molecule has 48 heavy (non-hydrogen) atoms. The van der Waals surface area contributed by atoms with E-state index in [0.717, 1.165) is 11.1 Å². The van der Waals surface area contributed by atoms with E-state index in [4.69, 9.17) is 55.9 Å². The third-order valence-electron chi connectivity index (χ3n) is 7.93. The molecule has 0 aromatic heterocycles. The van der Waals surface area contributed by atoms with Gasteiger partial charge < -0.3 is 14.6 Å². The van der Waals surface area contributed by atoms with Crippen molar-refractivity contribution in [2.45, 2.75) is 0 Å². The van der Waals surface area contributed by atoms with E-state index in [-0.39, 0.29) is 22.7 Å². The van der Waals surface area contributed by atoms with Gasteiger partial charge in [-0.15, -0.1) is 0 Å². The molecule has 0 bridgehead atoms. The largest absolute Gasteiger partial charge is 0.506 e. The highest BCUT2D eigenvalue weighted by Gasteiger charge is 2.34. The van der Waals surface area contributed by atoms with Gasteiger partial charge >= 0.3 is 0 Å². The number of ether oxygens (including phenoxy) is 2. The Morgan fingerprint density at radius 1 is 0.604 bits per heavy atom. The van der Waals surface area contributed by atoms with E-state index >= 15 is 0 Å². The highest BCUT2D eigenvalue weighted by molar-refractivity contribution is 6.33. The zero-order valence-corrected chi connectivity index (χ0v) is 28.0. The molecule has 4 nitrogen and oxygen atoms in total. The van der Waals surface area contributed by atoms with Crippen molar-refractivity contribution in [3.05, 3.63) is 198 Å². The molecular formula is C40H24Cl4O4. The summed E-state index contributed by atoms with van der Waals surface area (Å²) >= 11 is 25.3. The zero-order valence-electron chi connectivity index (χ0n) is 25.0. The van der Waals surface area contributed by atoms with Crippen LogP contribution in [0.2, 0.25) is 20.1 Å². The van der Waals surface area contributed by atoms with Gasteiger partial charge in [0.05, 0.1) is 21.2 Å². The average molecular weight is 710 g/mol. The Morgan fingerprint density at radius 2 is 1.10 bits per heavy atom. The van der Waals surface area contributed by atoms with Gasteiger partial charge in [-0.1, -0.05) is 76.7 Å². The van der Waals surface area contributed by atoms with Crippen LogP contribution in [0.4, 0.5) is 0 Å². The number of rotatable bonds is 6. The summed E-state index contributed by atoms with van der Waals surface area (Å²) in [6.07, 6.45) is 10.7. The van der Waals surface area contributed by atoms with Crippen LogP contribution in [0.5, 0.6) is 0 Å². The van der Waals surface area contributed by atoms with Crippen LogP contribution in [-0.4, -0.2) is 10.9 Å². The first kappa shape index (κ1) is 31.9. The highest BCUT2D eigenvalue weighted by Crippen LogP contribution is 2.40. The van der Waals surface area contributed by atoms with E-state index < -0.39 is 5.92 Å². The van der Waals surface area contributed by atoms with Crippen LogP contribution >= 0.6 is 46.4 Å². The van der Waals surface area contributed by atoms with E-state index in [1.54, 1.807) is 60.7 Å². The molecule has 0 saturated heterocycles. The fourth-order valence-corrected chi connectivity index (χ4v) is 6.21. The summed E-state index contributed by atoms with van der Waals surface area (Å²) < 4.78 is 12.5. The van der Waals surface area contributed by atoms with E-state index in [2.05, 4.69) is 0 Å². The number of halogens is 4. The van der Waals surface area contributed by atoms with Gasteiger partial charge in [-0.25, -0.2) is 0 Å². The Labute approximate surface area is 297 Å². The summed E-state index contributed by atoms with van der Waals surface area (Å²) in [6.45, 7) is 0. The molecule has 0 radical (unpaired) electrons. The Kier molecular flexibility index (Phi) is 8.91. The molecule has 1 unspecified atom stereocenters. The number of aliphatic hydroxyl groups excluding tert-OH is 1. The lowest BCUT2D eigenvalue weighted by atomic mass is 9.83. The summed E-state index contributed by atoms with van der Waals surface area (Å²) in [5.74, 6) is 1.36. The third kappa shape index (κ3) is 6.53. The standard InChI is InChI=1S/C40H24Cl4O4/c41-27-13-9-25(10-14-27)35-19-23(21-37(47-35)29-5-1-3-7-33(29)43)17-31-39(45)32(40(31)46)18-24-20-36(26-11-15-28(42)16-12-26)48-38(22-24)30-6-2-4-8-34(30)44/h1-23,45H/b24-18+,31-17+. The molecule has 0 fully saturated rings. The normalized spacial score (nSPS) is 19.2. The molecule has 0 saturated carbocycles. The van der Waals surface area contributed by atoms with Gasteiger partial charge in [0.25, 0.3) is 0 Å². The van der Waals surface area contributed by atoms with Crippen molar-refractivity contribution in [2.75, 3.05) is 0 Å². The lowest BCUT2D eigenvalue weighted by Gasteiger charge is -2.25. The van der Waals surface area contributed by atoms with Gasteiger partial charge in [0.1, 0.15) is 28.8 Å². The Morgan fingerprint density at radius 3 is 1.69 bits per heavy atom. The second kappa shape index (κ2) is 13.4. The number of Topliss-reactive ketones (excluding diaryl/α,β-unsaturated/α-hetero) is 1. The number of benzene rings is 4. The smallest absolute Gasteiger partial charge is 0.200 e. The molecule has 1 aliphatic carbocycles. The second-order valence-corrected chi connectivity index (χ2v) is 12.8. The number of hydrogen-bond donors (Lipinski definition) is 1. The molecule has 4 aromatic carbocycles. The summed E-state index contributed by atoms with van der Waals surface area (Å²) in [6, 6.07) is 29.2. The van der Waals surface area contributed by atoms with Gasteiger partial charge in [0.15, 0.2) is 5.78 Å². The van der Waals surface area contributed by atoms with Crippen molar-refractivity contribution in [3.8, 4) is 0 Å². The molecule has 2 heterocycles. The maximum Gasteiger partial charge on any atom is 0.200 e. The fourth-order valence-electron chi connectivity index (χ4n) is 5.50. The molecule has 2 aliphatic heterocycles. The van der Waals surface area contributed by atoms with Gasteiger partial charge in [0.2, 0.25) is 0 Å². The van der Waals surface area contributed by atoms with Crippen LogP contribution < -0.4 is 0 Å². The third-order valence-corrected chi connectivity index (χ3v) is 9.09. The van der Waals surface area contributed by atoms with E-state index in [0.29, 0.717) is 59.8 Å². The Balaban J connectivity index is 1.26. The quantitative estimate of drug-likeness (QED) is 0.202. The molecule has 0 amide bonds. The van der Waals surface area contributed by atoms with Crippen LogP contribution in [0.15, 0.2) is 156 Å². The monoisotopic (exact) mass is 708 g/mol. The van der Waals surface area contributed by atoms with Crippen molar-refractivity contribution in [3.63, 3.8) is 0 Å². The first-order chi connectivity index (χ1) is 23.2. The van der Waals surface area contributed by atoms with Crippen LogP contribution in [0.1, 0.15) is 22.3 Å². The number of carbonyl (C=O) groups is 1. The molecular weight excluding hydrogens is 686 g/mol. The maximum absolute atomic E-state index is 13.6. The fraction of sp³-hybridized carbons (Fsp3) is 0.0250. The summed E-state index contributed by atoms with van der Waals surface area (Å²) in [7, 11) is 0. The Bertz CT molecular complexity index is 2180. The number of carbonyl (C=O) groups excluding carboxylic acids is 1. The van der Waals surface area contributed by atoms with Crippen LogP contribution in [-0.2, 0) is 14.3 Å². The van der Waals surface area contributed by atoms with Crippen molar-refractivity contribution >= 4 is 75.2 Å². The molecule has 7 rings (SSSR count). The Hall–Kier alpha value is -4.71. The minimum atomic E-state index is -0.391. The summed E-state index contributed by atoms with van der Waals surface area (Å²) in [4.78, 5) is 13.6. The second-order valence-electron chi connectivity index (χ2n) is 11.2. The summed E-state index contributed by atoms with van der Waals surface area (Å²) in [5, 5.41) is 13.4. The number of allylic oxidation sites excluding steroid dienone is 9. The van der Waals surface area contributed by atoms with Gasteiger partial charge in [0, 0.05) is 38.2 Å². The zero-order chi connectivity index (χ0) is 33.4. The van der Waals surface area contributed by atoms with Gasteiger partial charge in [-0.3, -0.25) is 4.79 Å². The van der Waals surface area contributed by atoms with Crippen molar-refractivity contribution in [1.29, 1.82) is 0 Å². The van der Waals surface area contributed by atoms with E-state index in [9.17, 15) is 9.90 Å². The van der Waals surface area contributed by atoms with E-state index in [1.165, 1.54) is 0 Å². The summed E-state index contributed by atoms with van der Waals surface area (Å²) in [5.41, 5.74) is 4.01. The van der Waals surface area contributed by atoms with Gasteiger partial charge in [-0.05, 0) is 109 Å². The molecule has 236 valence electrons.